The fraction of sp³-hybridized carbons (Fsp3) is 0.660. The van der Waals surface area contributed by atoms with E-state index in [9.17, 15) is 48.6 Å². The largest absolute Gasteiger partial charge is 0.494 e. The van der Waals surface area contributed by atoms with Crippen molar-refractivity contribution in [2.75, 3.05) is 79.1 Å². The Bertz CT molecular complexity index is 1850. The van der Waals surface area contributed by atoms with Gasteiger partial charge in [-0.1, -0.05) is 32.1 Å². The first-order valence-electron chi connectivity index (χ1n) is 24.7. The summed E-state index contributed by atoms with van der Waals surface area (Å²) in [5, 5.41) is 37.0. The van der Waals surface area contributed by atoms with Crippen molar-refractivity contribution in [3.63, 3.8) is 0 Å². The highest BCUT2D eigenvalue weighted by atomic mass is 16.5. The second-order valence-corrected chi connectivity index (χ2v) is 17.2. The zero-order valence-corrected chi connectivity index (χ0v) is 41.3. The van der Waals surface area contributed by atoms with Gasteiger partial charge in [-0.3, -0.25) is 33.6 Å². The Morgan fingerprint density at radius 3 is 1.97 bits per heavy atom. The first kappa shape index (κ1) is 61.7. The standard InChI is InChI=1S/C50H77N5O16/c1-37(56)44(54-33-46(60)45(59)31-40-32-51-36-55-40)14-8-9-21-52-48(62)35-70-29-26-67-23-11-13-42(58)34-69-28-27-68-25-22-53-47(61)20-17-39(50(65)66)30-41(57)12-7-5-3-2-4-6-10-24-71-43-18-15-38(16-19-43)49(63)64/h15-16,18-19,32,36,39,44-45,54,59H,2-14,17,20-31,33-35H2,1H3,(H,51,55)(H,52,62)(H,53,61)(H,63,64)(H,65,66)/t39-,44+,45+/m1/s1. The number of carbonyl (C=O) groups is 8. The maximum atomic E-state index is 12.5. The van der Waals surface area contributed by atoms with Crippen LogP contribution in [-0.4, -0.2) is 163 Å². The number of aliphatic carboxylic acids is 1. The summed E-state index contributed by atoms with van der Waals surface area (Å²) in [5.41, 5.74) is 0.848. The number of ketones is 4. The van der Waals surface area contributed by atoms with Crippen molar-refractivity contribution in [2.45, 2.75) is 128 Å². The van der Waals surface area contributed by atoms with E-state index < -0.39 is 35.8 Å². The quantitative estimate of drug-likeness (QED) is 0.0466. The molecule has 2 aromatic rings. The van der Waals surface area contributed by atoms with Crippen molar-refractivity contribution in [1.82, 2.24) is 25.9 Å². The molecule has 0 aliphatic heterocycles. The van der Waals surface area contributed by atoms with E-state index in [0.29, 0.717) is 69.7 Å². The van der Waals surface area contributed by atoms with Gasteiger partial charge in [0.1, 0.15) is 36.6 Å². The zero-order valence-electron chi connectivity index (χ0n) is 41.3. The van der Waals surface area contributed by atoms with Gasteiger partial charge in [-0.15, -0.1) is 0 Å². The summed E-state index contributed by atoms with van der Waals surface area (Å²) in [6, 6.07) is 5.77. The number of carbonyl (C=O) groups excluding carboxylic acids is 6. The van der Waals surface area contributed by atoms with Crippen LogP contribution in [-0.2, 0) is 58.9 Å². The van der Waals surface area contributed by atoms with Gasteiger partial charge in [-0.25, -0.2) is 9.78 Å². The number of nitrogens with one attached hydrogen (secondary N) is 4. The van der Waals surface area contributed by atoms with Crippen molar-refractivity contribution in [3.05, 3.63) is 48.0 Å². The molecule has 398 valence electrons. The smallest absolute Gasteiger partial charge is 0.335 e. The van der Waals surface area contributed by atoms with Gasteiger partial charge in [-0.2, -0.15) is 0 Å². The topological polar surface area (TPSA) is 308 Å². The van der Waals surface area contributed by atoms with E-state index in [2.05, 4.69) is 25.9 Å². The molecule has 0 bridgehead atoms. The Hall–Kier alpha value is -5.45. The molecule has 71 heavy (non-hydrogen) atoms. The molecule has 21 heteroatoms. The number of aliphatic hydroxyl groups excluding tert-OH is 1. The van der Waals surface area contributed by atoms with E-state index in [1.54, 1.807) is 12.1 Å². The SMILES string of the molecule is CC(=O)[C@H](CCCCNC(=O)COCCOCCCC(=O)COCCOCCNC(=O)CC[C@H](CC(=O)CCCCCCCCCOc1ccc(C(=O)O)cc1)C(=O)O)NCC(=O)[C@@H](O)Cc1cnc[nH]1. The van der Waals surface area contributed by atoms with E-state index >= 15 is 0 Å². The third kappa shape index (κ3) is 32.2. The molecule has 1 aromatic carbocycles. The van der Waals surface area contributed by atoms with E-state index in [0.717, 1.165) is 38.5 Å². The number of aromatic amines is 1. The normalized spacial score (nSPS) is 12.4. The Kier molecular flexibility index (Phi) is 34.0. The van der Waals surface area contributed by atoms with E-state index in [-0.39, 0.29) is 126 Å². The minimum Gasteiger partial charge on any atom is -0.494 e. The second-order valence-electron chi connectivity index (χ2n) is 17.2. The Morgan fingerprint density at radius 2 is 1.30 bits per heavy atom. The van der Waals surface area contributed by atoms with Crippen LogP contribution in [0.5, 0.6) is 5.75 Å². The molecule has 0 unspecified atom stereocenters. The molecule has 21 nitrogen and oxygen atoms in total. The maximum absolute atomic E-state index is 12.5. The molecule has 7 N–H and O–H groups in total. The van der Waals surface area contributed by atoms with Gasteiger partial charge in [0.05, 0.1) is 70.0 Å². The van der Waals surface area contributed by atoms with Gasteiger partial charge in [-0.05, 0) is 76.1 Å². The van der Waals surface area contributed by atoms with Gasteiger partial charge >= 0.3 is 11.9 Å². The number of benzene rings is 1. The predicted octanol–water partition coefficient (Wildman–Crippen LogP) is 3.59. The number of ether oxygens (including phenoxy) is 5. The molecule has 1 aromatic heterocycles. The van der Waals surface area contributed by atoms with E-state index in [1.807, 2.05) is 0 Å². The first-order valence-corrected chi connectivity index (χ1v) is 24.7. The molecule has 1 heterocycles. The third-order valence-electron chi connectivity index (χ3n) is 11.2. The summed E-state index contributed by atoms with van der Waals surface area (Å²) in [6.45, 7) is 3.63. The highest BCUT2D eigenvalue weighted by Gasteiger charge is 2.23. The molecule has 2 rings (SSSR count). The average Bonchev–Trinajstić information content (AvgIpc) is 3.86. The van der Waals surface area contributed by atoms with Gasteiger partial charge in [0.15, 0.2) is 11.6 Å². The molecule has 2 amide bonds. The van der Waals surface area contributed by atoms with Gasteiger partial charge in [0.25, 0.3) is 0 Å². The lowest BCUT2D eigenvalue weighted by molar-refractivity contribution is -0.144. The lowest BCUT2D eigenvalue weighted by atomic mass is 9.94. The summed E-state index contributed by atoms with van der Waals surface area (Å²) < 4.78 is 27.2. The van der Waals surface area contributed by atoms with Crippen LogP contribution >= 0.6 is 0 Å². The fourth-order valence-corrected chi connectivity index (χ4v) is 7.03. The van der Waals surface area contributed by atoms with Crippen LogP contribution in [0.25, 0.3) is 0 Å². The number of carboxylic acids is 2. The summed E-state index contributed by atoms with van der Waals surface area (Å²) in [6.07, 6.45) is 11.1. The molecule has 0 fully saturated rings. The molecular formula is C50H77N5O16. The number of aliphatic hydroxyl groups is 1. The minimum atomic E-state index is -1.21. The van der Waals surface area contributed by atoms with Crippen molar-refractivity contribution < 1.29 is 77.4 Å². The monoisotopic (exact) mass is 1000 g/mol. The van der Waals surface area contributed by atoms with Crippen LogP contribution in [0.2, 0.25) is 0 Å². The van der Waals surface area contributed by atoms with Crippen molar-refractivity contribution in [1.29, 1.82) is 0 Å². The van der Waals surface area contributed by atoms with E-state index in [1.165, 1.54) is 31.6 Å². The number of carboxylic acid groups (broad SMARTS) is 2. The molecule has 0 aliphatic rings. The number of aromatic nitrogens is 2. The number of imidazole rings is 1. The van der Waals surface area contributed by atoms with Gasteiger partial charge in [0, 0.05) is 63.7 Å². The fourth-order valence-electron chi connectivity index (χ4n) is 7.03. The highest BCUT2D eigenvalue weighted by Crippen LogP contribution is 2.17. The molecule has 0 spiro atoms. The molecule has 3 atom stereocenters. The van der Waals surface area contributed by atoms with Crippen LogP contribution in [0.4, 0.5) is 0 Å². The molecular weight excluding hydrogens is 927 g/mol. The maximum Gasteiger partial charge on any atom is 0.335 e. The predicted molar refractivity (Wildman–Crippen MR) is 259 cm³/mol. The summed E-state index contributed by atoms with van der Waals surface area (Å²) >= 11 is 0. The Labute approximate surface area is 416 Å². The summed E-state index contributed by atoms with van der Waals surface area (Å²) in [7, 11) is 0. The van der Waals surface area contributed by atoms with Crippen molar-refractivity contribution in [3.8, 4) is 5.75 Å². The summed E-state index contributed by atoms with van der Waals surface area (Å²) in [5.74, 6) is -3.74. The Morgan fingerprint density at radius 1 is 0.648 bits per heavy atom. The molecule has 0 aliphatic carbocycles. The lowest BCUT2D eigenvalue weighted by Gasteiger charge is -2.17. The van der Waals surface area contributed by atoms with Crippen LogP contribution in [0.3, 0.4) is 0 Å². The number of hydrogen-bond donors (Lipinski definition) is 7. The van der Waals surface area contributed by atoms with Crippen LogP contribution < -0.4 is 20.7 Å². The second kappa shape index (κ2) is 39.2. The molecule has 0 saturated heterocycles. The zero-order chi connectivity index (χ0) is 51.9. The lowest BCUT2D eigenvalue weighted by Crippen LogP contribution is -2.42. The number of unbranched alkanes of at least 4 members (excludes halogenated alkanes) is 7. The van der Waals surface area contributed by atoms with E-state index in [4.69, 9.17) is 28.8 Å². The van der Waals surface area contributed by atoms with Gasteiger partial charge in [0.2, 0.25) is 11.8 Å². The van der Waals surface area contributed by atoms with Crippen LogP contribution in [0, 0.1) is 5.92 Å². The first-order chi connectivity index (χ1) is 34.2. The number of aromatic carboxylic acids is 1. The van der Waals surface area contributed by atoms with Crippen molar-refractivity contribution >= 4 is 46.9 Å². The number of amides is 2. The number of nitrogens with zero attached hydrogens (tertiary/aromatic N) is 1. The third-order valence-corrected chi connectivity index (χ3v) is 11.2. The number of hydrogen-bond acceptors (Lipinski definition) is 16. The van der Waals surface area contributed by atoms with Crippen LogP contribution in [0.1, 0.15) is 126 Å². The van der Waals surface area contributed by atoms with Crippen molar-refractivity contribution in [2.24, 2.45) is 5.92 Å². The number of Topliss-reactive ketones (excluding diaryl/α,β-unsaturated/α-hetero) is 4. The summed E-state index contributed by atoms with van der Waals surface area (Å²) in [4.78, 5) is 103. The van der Waals surface area contributed by atoms with Gasteiger partial charge < -0.3 is 59.9 Å². The highest BCUT2D eigenvalue weighted by molar-refractivity contribution is 5.88. The Balaban J connectivity index is 1.34. The molecule has 0 radical (unpaired) electrons. The number of rotatable bonds is 47. The van der Waals surface area contributed by atoms with Crippen LogP contribution in [0.15, 0.2) is 36.8 Å². The minimum absolute atomic E-state index is 0.0280. The molecule has 0 saturated carbocycles. The average molecular weight is 1000 g/mol. The number of H-pyrrole nitrogens is 1.